The molecule has 4 nitrogen and oxygen atoms in total. The van der Waals surface area contributed by atoms with Gasteiger partial charge in [0.1, 0.15) is 0 Å². The van der Waals surface area contributed by atoms with E-state index in [-0.39, 0.29) is 0 Å². The first-order valence-corrected chi connectivity index (χ1v) is 19.7. The Morgan fingerprint density at radius 3 is 1.78 bits per heavy atom. The Labute approximate surface area is 334 Å². The topological polar surface area (TPSA) is 35.6 Å². The number of hydrogen-bond donors (Lipinski definition) is 0. The van der Waals surface area contributed by atoms with Gasteiger partial charge in [-0.25, -0.2) is 9.97 Å². The van der Waals surface area contributed by atoms with Gasteiger partial charge in [-0.3, -0.25) is 0 Å². The zero-order valence-electron chi connectivity index (χ0n) is 31.4. The summed E-state index contributed by atoms with van der Waals surface area (Å²) in [7, 11) is 0. The van der Waals surface area contributed by atoms with Gasteiger partial charge in [0.25, 0.3) is 0 Å². The maximum atomic E-state index is 5.17. The second-order valence-corrected chi connectivity index (χ2v) is 15.0. The van der Waals surface area contributed by atoms with Crippen LogP contribution >= 0.6 is 0 Å². The zero-order valence-corrected chi connectivity index (χ0v) is 31.4. The molecule has 9 aromatic carbocycles. The van der Waals surface area contributed by atoms with Gasteiger partial charge in [0, 0.05) is 49.4 Å². The van der Waals surface area contributed by atoms with E-state index in [9.17, 15) is 0 Å². The van der Waals surface area contributed by atoms with Crippen molar-refractivity contribution in [3.05, 3.63) is 206 Å². The van der Waals surface area contributed by atoms with E-state index in [0.717, 1.165) is 56.0 Å². The molecular weight excluding hydrogens is 705 g/mol. The summed E-state index contributed by atoms with van der Waals surface area (Å²) in [5, 5.41) is 8.53. The first-order valence-electron chi connectivity index (χ1n) is 19.7. The molecular formula is C54H34N4. The van der Waals surface area contributed by atoms with Crippen molar-refractivity contribution in [1.82, 2.24) is 19.1 Å². The van der Waals surface area contributed by atoms with Crippen LogP contribution in [0.3, 0.4) is 0 Å². The van der Waals surface area contributed by atoms with Crippen molar-refractivity contribution in [1.29, 1.82) is 0 Å². The Kier molecular flexibility index (Phi) is 7.20. The minimum absolute atomic E-state index is 0.724. The van der Waals surface area contributed by atoms with Crippen LogP contribution in [-0.2, 0) is 0 Å². The van der Waals surface area contributed by atoms with Crippen LogP contribution in [0.25, 0.3) is 110 Å². The molecule has 270 valence electrons. The number of benzene rings is 9. The van der Waals surface area contributed by atoms with Crippen LogP contribution in [0.1, 0.15) is 0 Å². The lowest BCUT2D eigenvalue weighted by Gasteiger charge is -2.13. The Bertz CT molecular complexity index is 3550. The highest BCUT2D eigenvalue weighted by Crippen LogP contribution is 2.42. The quantitative estimate of drug-likeness (QED) is 0.176. The first-order chi connectivity index (χ1) is 28.8. The summed E-state index contributed by atoms with van der Waals surface area (Å²) in [5.74, 6) is 0.724. The second kappa shape index (κ2) is 12.9. The molecule has 0 N–H and O–H groups in total. The minimum Gasteiger partial charge on any atom is -0.309 e. The van der Waals surface area contributed by atoms with Crippen LogP contribution in [0.4, 0.5) is 0 Å². The number of hydrogen-bond acceptors (Lipinski definition) is 2. The predicted octanol–water partition coefficient (Wildman–Crippen LogP) is 14.0. The molecule has 0 bridgehead atoms. The van der Waals surface area contributed by atoms with Gasteiger partial charge >= 0.3 is 0 Å². The van der Waals surface area contributed by atoms with Crippen LogP contribution in [-0.4, -0.2) is 19.1 Å². The number of fused-ring (bicyclic) bond motifs is 9. The molecule has 0 atom stereocenters. The first kappa shape index (κ1) is 32.4. The van der Waals surface area contributed by atoms with E-state index in [1.54, 1.807) is 0 Å². The molecule has 0 saturated heterocycles. The Balaban J connectivity index is 1.08. The van der Waals surface area contributed by atoms with E-state index in [4.69, 9.17) is 9.97 Å². The van der Waals surface area contributed by atoms with Crippen molar-refractivity contribution in [3.8, 4) is 45.1 Å². The molecule has 3 aromatic heterocycles. The molecule has 0 aliphatic rings. The second-order valence-electron chi connectivity index (χ2n) is 15.0. The fraction of sp³-hybridized carbons (Fsp3) is 0. The summed E-state index contributed by atoms with van der Waals surface area (Å²) in [4.78, 5) is 10.2. The molecule has 12 rings (SSSR count). The molecule has 4 heteroatoms. The van der Waals surface area contributed by atoms with Gasteiger partial charge in [0.15, 0.2) is 5.82 Å². The molecule has 0 spiro atoms. The standard InChI is InChI=1S/C54H34N4/c1-4-16-36(17-5-1)53-45-32-39(27-29-47(45)55-54(56-53)37-18-6-2-7-19-37)38-20-14-23-41(31-38)58-48-26-13-12-25-43(48)44-33-46-51(34-50(44)58)57(40-21-8-3-9-22-40)49-30-28-35-15-10-11-24-42(35)52(46)49/h1-34H. The van der Waals surface area contributed by atoms with Gasteiger partial charge < -0.3 is 9.13 Å². The van der Waals surface area contributed by atoms with Crippen LogP contribution < -0.4 is 0 Å². The Morgan fingerprint density at radius 2 is 0.948 bits per heavy atom. The summed E-state index contributed by atoms with van der Waals surface area (Å²) >= 11 is 0. The lowest BCUT2D eigenvalue weighted by atomic mass is 9.99. The average Bonchev–Trinajstić information content (AvgIpc) is 3.80. The van der Waals surface area contributed by atoms with Crippen molar-refractivity contribution >= 4 is 65.3 Å². The van der Waals surface area contributed by atoms with Crippen molar-refractivity contribution in [2.45, 2.75) is 0 Å². The van der Waals surface area contributed by atoms with Gasteiger partial charge in [-0.1, -0.05) is 146 Å². The SMILES string of the molecule is c1ccc(-c2nc(-c3ccccc3)c3cc(-c4cccc(-n5c6ccccc6c6cc7c8c9ccccc9ccc8n(-c8ccccc8)c7cc65)c4)ccc3n2)cc1. The molecule has 3 heterocycles. The molecule has 0 unspecified atom stereocenters. The van der Waals surface area contributed by atoms with E-state index in [1.165, 1.54) is 54.4 Å². The lowest BCUT2D eigenvalue weighted by Crippen LogP contribution is -1.97. The van der Waals surface area contributed by atoms with E-state index < -0.39 is 0 Å². The average molecular weight is 739 g/mol. The highest BCUT2D eigenvalue weighted by atomic mass is 15.0. The fourth-order valence-electron chi connectivity index (χ4n) is 9.05. The van der Waals surface area contributed by atoms with Crippen LogP contribution in [0.2, 0.25) is 0 Å². The third-order valence-electron chi connectivity index (χ3n) is 11.7. The summed E-state index contributed by atoms with van der Waals surface area (Å²) < 4.78 is 4.87. The zero-order chi connectivity index (χ0) is 38.2. The monoisotopic (exact) mass is 738 g/mol. The highest BCUT2D eigenvalue weighted by molar-refractivity contribution is 6.25. The van der Waals surface area contributed by atoms with Crippen LogP contribution in [0.5, 0.6) is 0 Å². The Hall–Kier alpha value is -7.82. The van der Waals surface area contributed by atoms with Crippen molar-refractivity contribution in [2.75, 3.05) is 0 Å². The number of para-hydroxylation sites is 2. The Morgan fingerprint density at radius 1 is 0.310 bits per heavy atom. The fourth-order valence-corrected chi connectivity index (χ4v) is 9.05. The summed E-state index contributed by atoms with van der Waals surface area (Å²) in [6, 6.07) is 73.8. The maximum Gasteiger partial charge on any atom is 0.160 e. The van der Waals surface area contributed by atoms with Gasteiger partial charge in [-0.2, -0.15) is 0 Å². The van der Waals surface area contributed by atoms with Gasteiger partial charge in [-0.05, 0) is 82.6 Å². The lowest BCUT2D eigenvalue weighted by molar-refractivity contribution is 1.17. The van der Waals surface area contributed by atoms with E-state index in [1.807, 2.05) is 24.3 Å². The minimum atomic E-state index is 0.724. The van der Waals surface area contributed by atoms with Crippen molar-refractivity contribution in [3.63, 3.8) is 0 Å². The normalized spacial score (nSPS) is 11.8. The smallest absolute Gasteiger partial charge is 0.160 e. The molecule has 58 heavy (non-hydrogen) atoms. The van der Waals surface area contributed by atoms with Crippen LogP contribution in [0, 0.1) is 0 Å². The molecule has 12 aromatic rings. The van der Waals surface area contributed by atoms with Gasteiger partial charge in [0.05, 0.1) is 33.3 Å². The third kappa shape index (κ3) is 5.02. The third-order valence-corrected chi connectivity index (χ3v) is 11.7. The van der Waals surface area contributed by atoms with Crippen molar-refractivity contribution < 1.29 is 0 Å². The molecule has 0 radical (unpaired) electrons. The number of rotatable bonds is 5. The molecule has 0 saturated carbocycles. The van der Waals surface area contributed by atoms with E-state index >= 15 is 0 Å². The van der Waals surface area contributed by atoms with E-state index in [2.05, 4.69) is 191 Å². The largest absolute Gasteiger partial charge is 0.309 e. The molecule has 0 aliphatic heterocycles. The maximum absolute atomic E-state index is 5.17. The highest BCUT2D eigenvalue weighted by Gasteiger charge is 2.20. The van der Waals surface area contributed by atoms with Gasteiger partial charge in [0.2, 0.25) is 0 Å². The predicted molar refractivity (Wildman–Crippen MR) is 242 cm³/mol. The molecule has 0 amide bonds. The molecule has 0 fully saturated rings. The van der Waals surface area contributed by atoms with Crippen molar-refractivity contribution in [2.24, 2.45) is 0 Å². The summed E-state index contributed by atoms with van der Waals surface area (Å²) in [6.45, 7) is 0. The number of aromatic nitrogens is 4. The van der Waals surface area contributed by atoms with Crippen LogP contribution in [0.15, 0.2) is 206 Å². The van der Waals surface area contributed by atoms with E-state index in [0.29, 0.717) is 0 Å². The van der Waals surface area contributed by atoms with Gasteiger partial charge in [-0.15, -0.1) is 0 Å². The summed E-state index contributed by atoms with van der Waals surface area (Å²) in [5.41, 5.74) is 13.1. The summed E-state index contributed by atoms with van der Waals surface area (Å²) in [6.07, 6.45) is 0. The molecule has 0 aliphatic carbocycles. The number of nitrogens with zero attached hydrogens (tertiary/aromatic N) is 4.